The zero-order valence-electron chi connectivity index (χ0n) is 22.0. The van der Waals surface area contributed by atoms with Crippen molar-refractivity contribution < 1.29 is 49.4 Å². The Bertz CT molecular complexity index is 1660. The molecule has 2 aliphatic rings. The molecule has 0 spiro atoms. The van der Waals surface area contributed by atoms with Gasteiger partial charge in [0.25, 0.3) is 10.0 Å². The molecule has 0 aliphatic carbocycles. The van der Waals surface area contributed by atoms with E-state index in [2.05, 4.69) is 0 Å². The van der Waals surface area contributed by atoms with Crippen LogP contribution in [0.5, 0.6) is 5.75 Å². The van der Waals surface area contributed by atoms with E-state index in [1.54, 1.807) is 11.0 Å². The average molecular weight is 649 g/mol. The molecule has 0 saturated carbocycles. The Morgan fingerprint density at radius 1 is 0.953 bits per heavy atom. The molecule has 0 amide bonds. The lowest BCUT2D eigenvalue weighted by Gasteiger charge is -2.43. The molecule has 2 heterocycles. The van der Waals surface area contributed by atoms with Gasteiger partial charge in [-0.15, -0.1) is 0 Å². The minimum atomic E-state index is -4.80. The molecule has 43 heavy (non-hydrogen) atoms. The van der Waals surface area contributed by atoms with E-state index in [1.807, 2.05) is 0 Å². The highest BCUT2D eigenvalue weighted by molar-refractivity contribution is 7.92. The lowest BCUT2D eigenvalue weighted by Crippen LogP contribution is -2.46. The molecule has 230 valence electrons. The maximum atomic E-state index is 13.7. The first-order valence-electron chi connectivity index (χ1n) is 12.9. The fourth-order valence-electron chi connectivity index (χ4n) is 5.19. The number of halogens is 7. The van der Waals surface area contributed by atoms with E-state index in [0.29, 0.717) is 11.8 Å². The smallest absolute Gasteiger partial charge is 0.416 e. The van der Waals surface area contributed by atoms with E-state index in [4.69, 9.17) is 21.4 Å². The van der Waals surface area contributed by atoms with Crippen LogP contribution in [0.1, 0.15) is 35.4 Å². The van der Waals surface area contributed by atoms with Crippen LogP contribution in [-0.2, 0) is 27.2 Å². The summed E-state index contributed by atoms with van der Waals surface area (Å²) in [6.45, 7) is -0.109. The van der Waals surface area contributed by atoms with Crippen molar-refractivity contribution in [2.45, 2.75) is 42.1 Å². The van der Waals surface area contributed by atoms with Crippen molar-refractivity contribution in [3.8, 4) is 5.75 Å². The SMILES string of the molecule is O=C(O)CC[C@H]1CN(S(=O)(=O)c2cccc(C(F)(F)F)c2)c2cc(N3CC(c4c(Cl)cccc4C(F)(F)F)C3)ccc2O1. The quantitative estimate of drug-likeness (QED) is 0.284. The van der Waals surface area contributed by atoms with Gasteiger partial charge in [-0.05, 0) is 60.5 Å². The number of aliphatic carboxylic acids is 1. The van der Waals surface area contributed by atoms with Crippen LogP contribution in [0.2, 0.25) is 5.02 Å². The van der Waals surface area contributed by atoms with Crippen LogP contribution >= 0.6 is 11.6 Å². The molecule has 0 unspecified atom stereocenters. The fraction of sp³-hybridized carbons (Fsp3) is 0.321. The maximum Gasteiger partial charge on any atom is 0.416 e. The fourth-order valence-corrected chi connectivity index (χ4v) is 7.06. The van der Waals surface area contributed by atoms with Gasteiger partial charge in [-0.3, -0.25) is 9.10 Å². The summed E-state index contributed by atoms with van der Waals surface area (Å²) >= 11 is 6.14. The zero-order valence-corrected chi connectivity index (χ0v) is 23.6. The van der Waals surface area contributed by atoms with Crippen molar-refractivity contribution in [1.29, 1.82) is 0 Å². The van der Waals surface area contributed by atoms with Crippen LogP contribution in [-0.4, -0.2) is 45.2 Å². The van der Waals surface area contributed by atoms with E-state index >= 15 is 0 Å². The summed E-state index contributed by atoms with van der Waals surface area (Å²) in [5.74, 6) is -1.65. The molecular formula is C28H23ClF6N2O5S. The topological polar surface area (TPSA) is 87.2 Å². The molecule has 2 aliphatic heterocycles. The van der Waals surface area contributed by atoms with Gasteiger partial charge >= 0.3 is 18.3 Å². The molecule has 1 fully saturated rings. The number of sulfonamides is 1. The summed E-state index contributed by atoms with van der Waals surface area (Å²) < 4.78 is 115. The number of nitrogens with zero attached hydrogens (tertiary/aromatic N) is 2. The maximum absolute atomic E-state index is 13.7. The van der Waals surface area contributed by atoms with Crippen molar-refractivity contribution >= 4 is 39.0 Å². The second kappa shape index (κ2) is 11.1. The molecule has 5 rings (SSSR count). The lowest BCUT2D eigenvalue weighted by atomic mass is 9.87. The molecule has 0 aromatic heterocycles. The van der Waals surface area contributed by atoms with Crippen molar-refractivity contribution in [1.82, 2.24) is 0 Å². The van der Waals surface area contributed by atoms with Crippen LogP contribution in [0.4, 0.5) is 37.7 Å². The number of hydrogen-bond acceptors (Lipinski definition) is 5. The molecule has 7 nitrogen and oxygen atoms in total. The Labute approximate surface area is 247 Å². The van der Waals surface area contributed by atoms with Crippen molar-refractivity contribution in [3.63, 3.8) is 0 Å². The summed E-state index contributed by atoms with van der Waals surface area (Å²) in [6.07, 6.45) is -10.7. The molecule has 1 atom stereocenters. The van der Waals surface area contributed by atoms with Gasteiger partial charge < -0.3 is 14.7 Å². The third kappa shape index (κ3) is 6.21. The van der Waals surface area contributed by atoms with E-state index < -0.39 is 56.4 Å². The third-order valence-electron chi connectivity index (χ3n) is 7.32. The highest BCUT2D eigenvalue weighted by atomic mass is 35.5. The minimum absolute atomic E-state index is 0.00124. The van der Waals surface area contributed by atoms with Gasteiger partial charge in [0.15, 0.2) is 0 Å². The Kier molecular flexibility index (Phi) is 7.97. The molecule has 15 heteroatoms. The molecule has 0 bridgehead atoms. The lowest BCUT2D eigenvalue weighted by molar-refractivity contribution is -0.139. The zero-order chi connectivity index (χ0) is 31.3. The molecule has 1 N–H and O–H groups in total. The Morgan fingerprint density at radius 3 is 2.30 bits per heavy atom. The van der Waals surface area contributed by atoms with E-state index in [1.165, 1.54) is 24.3 Å². The highest BCUT2D eigenvalue weighted by Crippen LogP contribution is 2.45. The van der Waals surface area contributed by atoms with Gasteiger partial charge in [-0.25, -0.2) is 8.42 Å². The number of fused-ring (bicyclic) bond motifs is 1. The van der Waals surface area contributed by atoms with Gasteiger partial charge in [0, 0.05) is 36.1 Å². The van der Waals surface area contributed by atoms with Gasteiger partial charge in [-0.1, -0.05) is 23.7 Å². The van der Waals surface area contributed by atoms with E-state index in [9.17, 15) is 39.6 Å². The van der Waals surface area contributed by atoms with Crippen LogP contribution < -0.4 is 13.9 Å². The number of carboxylic acid groups (broad SMARTS) is 1. The number of ether oxygens (including phenoxy) is 1. The van der Waals surface area contributed by atoms with Crippen molar-refractivity contribution in [2.24, 2.45) is 0 Å². The summed E-state index contributed by atoms with van der Waals surface area (Å²) in [5, 5.41) is 9.07. The first-order valence-corrected chi connectivity index (χ1v) is 14.7. The number of alkyl halides is 6. The van der Waals surface area contributed by atoms with Crippen LogP contribution in [0.15, 0.2) is 65.6 Å². The van der Waals surface area contributed by atoms with Crippen LogP contribution in [0.3, 0.4) is 0 Å². The Hall–Kier alpha value is -3.65. The number of hydrogen-bond donors (Lipinski definition) is 1. The number of carboxylic acids is 1. The molecule has 3 aromatic carbocycles. The number of anilines is 2. The molecule has 3 aromatic rings. The minimum Gasteiger partial charge on any atom is -0.486 e. The predicted octanol–water partition coefficient (Wildman–Crippen LogP) is 6.80. The first-order chi connectivity index (χ1) is 20.1. The summed E-state index contributed by atoms with van der Waals surface area (Å²) in [7, 11) is -4.60. The number of rotatable bonds is 7. The Balaban J connectivity index is 1.48. The van der Waals surface area contributed by atoms with E-state index in [0.717, 1.165) is 28.6 Å². The number of carbonyl (C=O) groups is 1. The second-order valence-corrected chi connectivity index (χ2v) is 12.5. The summed E-state index contributed by atoms with van der Waals surface area (Å²) in [6, 6.07) is 11.2. The Morgan fingerprint density at radius 2 is 1.65 bits per heavy atom. The van der Waals surface area contributed by atoms with Gasteiger partial charge in [0.1, 0.15) is 11.9 Å². The van der Waals surface area contributed by atoms with Crippen molar-refractivity contribution in [3.05, 3.63) is 82.4 Å². The first kappa shape index (κ1) is 30.8. The van der Waals surface area contributed by atoms with Crippen LogP contribution in [0, 0.1) is 0 Å². The average Bonchev–Trinajstić information content (AvgIpc) is 2.90. The van der Waals surface area contributed by atoms with Gasteiger partial charge in [-0.2, -0.15) is 26.3 Å². The van der Waals surface area contributed by atoms with Gasteiger partial charge in [0.05, 0.1) is 28.3 Å². The summed E-state index contributed by atoms with van der Waals surface area (Å²) in [5.41, 5.74) is -1.60. The standard InChI is InChI=1S/C28H23ClF6N2O5S/c29-22-6-2-5-21(28(33,34)35)26(22)16-13-36(14-16)18-7-9-24-23(12-18)37(15-19(42-24)8-10-25(38)39)43(40,41)20-4-1-3-17(11-20)27(30,31)32/h1-7,9,11-12,16,19H,8,10,13-15H2,(H,38,39)/t19-/m0/s1. The second-order valence-electron chi connectivity index (χ2n) is 10.2. The van der Waals surface area contributed by atoms with Crippen LogP contribution in [0.25, 0.3) is 0 Å². The van der Waals surface area contributed by atoms with E-state index in [-0.39, 0.29) is 54.5 Å². The highest BCUT2D eigenvalue weighted by Gasteiger charge is 2.41. The normalized spacial score (nSPS) is 17.7. The molecule has 1 saturated heterocycles. The monoisotopic (exact) mass is 648 g/mol. The summed E-state index contributed by atoms with van der Waals surface area (Å²) in [4.78, 5) is 12.2. The molecular weight excluding hydrogens is 626 g/mol. The predicted molar refractivity (Wildman–Crippen MR) is 145 cm³/mol. The number of benzene rings is 3. The largest absolute Gasteiger partial charge is 0.486 e. The third-order valence-corrected chi connectivity index (χ3v) is 9.42. The molecule has 0 radical (unpaired) electrons. The van der Waals surface area contributed by atoms with Gasteiger partial charge in [0.2, 0.25) is 0 Å². The van der Waals surface area contributed by atoms with Crippen molar-refractivity contribution in [2.75, 3.05) is 28.8 Å².